The van der Waals surface area contributed by atoms with Gasteiger partial charge in [0.2, 0.25) is 5.95 Å². The van der Waals surface area contributed by atoms with E-state index < -0.39 is 26.3 Å². The summed E-state index contributed by atoms with van der Waals surface area (Å²) in [7, 11) is -3.16. The highest BCUT2D eigenvalue weighted by Gasteiger charge is 2.23. The van der Waals surface area contributed by atoms with E-state index in [4.69, 9.17) is 4.74 Å². The van der Waals surface area contributed by atoms with Crippen molar-refractivity contribution >= 4 is 54.1 Å². The second kappa shape index (κ2) is 11.0. The largest absolute Gasteiger partial charge is 0.497 e. The van der Waals surface area contributed by atoms with Crippen LogP contribution in [0.25, 0.3) is 0 Å². The Morgan fingerprint density at radius 3 is 2.34 bits per heavy atom. The molecule has 0 unspecified atom stereocenters. The summed E-state index contributed by atoms with van der Waals surface area (Å²) in [5, 5.41) is 16.5. The summed E-state index contributed by atoms with van der Waals surface area (Å²) in [6.45, 7) is 5.30. The van der Waals surface area contributed by atoms with E-state index in [-0.39, 0.29) is 10.9 Å². The minimum atomic E-state index is -3.80. The first-order chi connectivity index (χ1) is 16.4. The summed E-state index contributed by atoms with van der Waals surface area (Å²) in [5.41, 5.74) is -0.204. The van der Waals surface area contributed by atoms with Crippen LogP contribution in [0.2, 0.25) is 0 Å². The number of ether oxygens (including phenoxy) is 1. The Morgan fingerprint density at radius 1 is 1.14 bits per heavy atom. The molecule has 0 aliphatic carbocycles. The number of methoxy groups -OCH3 is 1. The van der Waals surface area contributed by atoms with Crippen LogP contribution in [-0.4, -0.2) is 48.5 Å². The van der Waals surface area contributed by atoms with Crippen LogP contribution in [0.4, 0.5) is 17.5 Å². The highest BCUT2D eigenvalue weighted by atomic mass is 79.9. The summed E-state index contributed by atoms with van der Waals surface area (Å²) in [6.07, 6.45) is 3.37. The fourth-order valence-electron chi connectivity index (χ4n) is 2.76. The first-order valence-electron chi connectivity index (χ1n) is 10.6. The monoisotopic (exact) mass is 581 g/mol. The number of nitrogens with one attached hydrogen (secondary N) is 2. The van der Waals surface area contributed by atoms with Crippen LogP contribution in [0.5, 0.6) is 5.75 Å². The predicted molar refractivity (Wildman–Crippen MR) is 143 cm³/mol. The molecule has 3 N–H and O–H groups in total. The third-order valence-corrected chi connectivity index (χ3v) is 9.26. The minimum absolute atomic E-state index is 0.117. The molecule has 0 amide bonds. The van der Waals surface area contributed by atoms with Crippen LogP contribution in [0.1, 0.15) is 20.8 Å². The number of anilines is 3. The zero-order valence-electron chi connectivity index (χ0n) is 20.0. The van der Waals surface area contributed by atoms with Gasteiger partial charge in [0.1, 0.15) is 11.6 Å². The summed E-state index contributed by atoms with van der Waals surface area (Å²) in [6, 6.07) is 13.1. The van der Waals surface area contributed by atoms with E-state index in [1.165, 1.54) is 19.2 Å². The second-order valence-corrected chi connectivity index (χ2v) is 12.6. The summed E-state index contributed by atoms with van der Waals surface area (Å²) in [4.78, 5) is 9.64. The maximum absolute atomic E-state index is 12.7. The van der Waals surface area contributed by atoms with Crippen LogP contribution < -0.4 is 15.4 Å². The molecule has 0 aliphatic rings. The maximum atomic E-state index is 12.7. The number of benzene rings is 2. The molecule has 0 saturated carbocycles. The predicted octanol–water partition coefficient (Wildman–Crippen LogP) is 4.74. The second-order valence-electron chi connectivity index (χ2n) is 8.26. The van der Waals surface area contributed by atoms with Gasteiger partial charge in [-0.25, -0.2) is 4.98 Å². The molecule has 0 bridgehead atoms. The van der Waals surface area contributed by atoms with E-state index in [1.807, 2.05) is 31.2 Å². The number of aromatic nitrogens is 2. The molecule has 35 heavy (non-hydrogen) atoms. The van der Waals surface area contributed by atoms with Gasteiger partial charge < -0.3 is 20.5 Å². The Labute approximate surface area is 216 Å². The lowest BCUT2D eigenvalue weighted by atomic mass is 10.0. The van der Waals surface area contributed by atoms with Crippen LogP contribution >= 0.6 is 15.9 Å². The molecule has 0 saturated heterocycles. The molecule has 12 heteroatoms. The Morgan fingerprint density at radius 2 is 1.77 bits per heavy atom. The lowest BCUT2D eigenvalue weighted by Gasteiger charge is -2.27. The molecule has 9 nitrogen and oxygen atoms in total. The third kappa shape index (κ3) is 7.23. The zero-order chi connectivity index (χ0) is 25.8. The van der Waals surface area contributed by atoms with Crippen LogP contribution in [0.3, 0.4) is 0 Å². The van der Waals surface area contributed by atoms with E-state index in [0.717, 1.165) is 10.6 Å². The number of halogens is 1. The van der Waals surface area contributed by atoms with Gasteiger partial charge in [0.05, 0.1) is 28.1 Å². The quantitative estimate of drug-likeness (QED) is 0.330. The van der Waals surface area contributed by atoms with Crippen LogP contribution in [0, 0.1) is 0 Å². The third-order valence-electron chi connectivity index (χ3n) is 5.18. The summed E-state index contributed by atoms with van der Waals surface area (Å²) < 4.78 is 35.1. The van der Waals surface area contributed by atoms with E-state index in [0.29, 0.717) is 22.0 Å². The molecule has 0 aliphatic heterocycles. The molecule has 0 spiro atoms. The molecule has 0 radical (unpaired) electrons. The number of sulfonamides is 1. The number of rotatable bonds is 9. The fraction of sp³-hybridized carbons (Fsp3) is 0.304. The first kappa shape index (κ1) is 27.1. The average Bonchev–Trinajstić information content (AvgIpc) is 2.80. The highest BCUT2D eigenvalue weighted by molar-refractivity contribution is 9.10. The van der Waals surface area contributed by atoms with Crippen molar-refractivity contribution < 1.29 is 18.3 Å². The number of hydrogen-bond acceptors (Lipinski definition) is 8. The van der Waals surface area contributed by atoms with Crippen molar-refractivity contribution in [1.82, 2.24) is 9.97 Å². The van der Waals surface area contributed by atoms with Crippen molar-refractivity contribution in [3.63, 3.8) is 0 Å². The molecule has 188 valence electrons. The van der Waals surface area contributed by atoms with Crippen molar-refractivity contribution in [3.05, 3.63) is 59.2 Å². The Bertz CT molecular complexity index is 1310. The summed E-state index contributed by atoms with van der Waals surface area (Å²) in [5.74, 6) is 1.49. The first-order valence-corrected chi connectivity index (χ1v) is 14.4. The van der Waals surface area contributed by atoms with E-state index in [1.54, 1.807) is 38.4 Å². The standard InChI is InChI=1S/C23H28BrN5O4S2/c1-15(23(2,3)30)26-21-20(24)14-25-22(28-21)27-16-6-10-18(11-7-16)34(5)29-35(31,32)19-12-8-17(33-4)9-13-19/h6-15,30H,1-5H3,(H2,25,26,27,28)/t15-,34+/m1/s1. The molecule has 3 rings (SSSR count). The van der Waals surface area contributed by atoms with Crippen molar-refractivity contribution in [1.29, 1.82) is 0 Å². The van der Waals surface area contributed by atoms with Crippen molar-refractivity contribution in [2.75, 3.05) is 24.0 Å². The van der Waals surface area contributed by atoms with Crippen LogP contribution in [-0.2, 0) is 20.7 Å². The number of nitrogens with zero attached hydrogens (tertiary/aromatic N) is 3. The molecular formula is C23H28BrN5O4S2. The molecule has 1 heterocycles. The topological polar surface area (TPSA) is 126 Å². The van der Waals surface area contributed by atoms with Gasteiger partial charge in [-0.2, -0.15) is 13.4 Å². The van der Waals surface area contributed by atoms with Gasteiger partial charge in [-0.3, -0.25) is 0 Å². The molecule has 2 atom stereocenters. The molecule has 0 fully saturated rings. The highest BCUT2D eigenvalue weighted by Crippen LogP contribution is 2.25. The Kier molecular flexibility index (Phi) is 8.52. The van der Waals surface area contributed by atoms with E-state index >= 15 is 0 Å². The Hall–Kier alpha value is -2.54. The van der Waals surface area contributed by atoms with E-state index in [2.05, 4.69) is 40.3 Å². The summed E-state index contributed by atoms with van der Waals surface area (Å²) >= 11 is 3.42. The lowest BCUT2D eigenvalue weighted by molar-refractivity contribution is 0.0647. The van der Waals surface area contributed by atoms with Crippen molar-refractivity contribution in [2.45, 2.75) is 42.2 Å². The fourth-order valence-corrected chi connectivity index (χ4v) is 5.94. The number of aliphatic hydroxyl groups is 1. The van der Waals surface area contributed by atoms with Gasteiger partial charge in [0, 0.05) is 16.8 Å². The maximum Gasteiger partial charge on any atom is 0.288 e. The molecule has 1 aromatic heterocycles. The van der Waals surface area contributed by atoms with Crippen molar-refractivity contribution in [3.8, 4) is 5.75 Å². The normalized spacial score (nSPS) is 13.8. The Balaban J connectivity index is 1.75. The molecule has 3 aromatic rings. The van der Waals surface area contributed by atoms with Gasteiger partial charge in [-0.1, -0.05) is 10.7 Å². The van der Waals surface area contributed by atoms with Crippen LogP contribution in [0.15, 0.2) is 72.8 Å². The van der Waals surface area contributed by atoms with E-state index in [9.17, 15) is 13.5 Å². The molecular weight excluding hydrogens is 554 g/mol. The van der Waals surface area contributed by atoms with Gasteiger partial charge in [0.25, 0.3) is 10.0 Å². The smallest absolute Gasteiger partial charge is 0.288 e. The molecule has 2 aromatic carbocycles. The lowest BCUT2D eigenvalue weighted by Crippen LogP contribution is -2.39. The van der Waals surface area contributed by atoms with Gasteiger partial charge in [-0.15, -0.1) is 3.77 Å². The average molecular weight is 583 g/mol. The zero-order valence-corrected chi connectivity index (χ0v) is 23.2. The van der Waals surface area contributed by atoms with Gasteiger partial charge in [0.15, 0.2) is 0 Å². The number of hydrogen-bond donors (Lipinski definition) is 3. The van der Waals surface area contributed by atoms with Gasteiger partial charge in [-0.05, 0) is 91.5 Å². The minimum Gasteiger partial charge on any atom is -0.497 e. The van der Waals surface area contributed by atoms with Gasteiger partial charge >= 0.3 is 0 Å². The SMILES string of the molecule is COc1ccc(S(=O)(=O)N=[S@@](C)c2ccc(Nc3ncc(Br)c(N[C@H](C)C(C)(C)O)n3)cc2)cc1. The van der Waals surface area contributed by atoms with Crippen molar-refractivity contribution in [2.24, 2.45) is 3.77 Å².